The van der Waals surface area contributed by atoms with Gasteiger partial charge in [-0.15, -0.1) is 0 Å². The molecule has 0 radical (unpaired) electrons. The number of rotatable bonds is 3. The molecule has 2 N–H and O–H groups in total. The lowest BCUT2D eigenvalue weighted by molar-refractivity contribution is 0.146. The Morgan fingerprint density at radius 1 is 1.30 bits per heavy atom. The first-order valence-electron chi connectivity index (χ1n) is 7.74. The van der Waals surface area contributed by atoms with E-state index in [1.165, 1.54) is 29.7 Å². The average Bonchev–Trinajstić information content (AvgIpc) is 2.54. The number of likely N-dealkylation sites (N-methyl/N-ethyl adjacent to an activating group) is 1. The first-order chi connectivity index (χ1) is 9.52. The van der Waals surface area contributed by atoms with Crippen molar-refractivity contribution in [3.8, 4) is 0 Å². The van der Waals surface area contributed by atoms with Crippen molar-refractivity contribution in [2.24, 2.45) is 5.73 Å². The zero-order valence-electron chi connectivity index (χ0n) is 13.4. The molecular formula is C17H29N3. The molecule has 112 valence electrons. The fourth-order valence-electron chi connectivity index (χ4n) is 3.49. The molecule has 1 fully saturated rings. The van der Waals surface area contributed by atoms with Crippen molar-refractivity contribution in [1.29, 1.82) is 0 Å². The fourth-order valence-corrected chi connectivity index (χ4v) is 3.49. The van der Waals surface area contributed by atoms with E-state index in [1.807, 2.05) is 0 Å². The number of nitrogens with two attached hydrogens (primary N) is 1. The maximum atomic E-state index is 6.14. The molecule has 1 aromatic rings. The molecule has 0 saturated carbocycles. The van der Waals surface area contributed by atoms with E-state index < -0.39 is 0 Å². The molecule has 0 spiro atoms. The summed E-state index contributed by atoms with van der Waals surface area (Å²) in [6.45, 7) is 10.8. The zero-order chi connectivity index (χ0) is 14.7. The van der Waals surface area contributed by atoms with Gasteiger partial charge in [-0.1, -0.05) is 23.8 Å². The SMILES string of the molecule is Cc1ccc(C(CN)N2CCCN(C)CC2C)c(C)c1. The molecule has 3 heteroatoms. The van der Waals surface area contributed by atoms with Crippen LogP contribution in [0.3, 0.4) is 0 Å². The molecule has 2 atom stereocenters. The highest BCUT2D eigenvalue weighted by Gasteiger charge is 2.27. The van der Waals surface area contributed by atoms with Crippen LogP contribution in [0.5, 0.6) is 0 Å². The smallest absolute Gasteiger partial charge is 0.0476 e. The van der Waals surface area contributed by atoms with Crippen LogP contribution in [0.2, 0.25) is 0 Å². The van der Waals surface area contributed by atoms with E-state index >= 15 is 0 Å². The molecule has 2 unspecified atom stereocenters. The third-order valence-corrected chi connectivity index (χ3v) is 4.51. The largest absolute Gasteiger partial charge is 0.329 e. The second-order valence-corrected chi connectivity index (χ2v) is 6.31. The van der Waals surface area contributed by atoms with Gasteiger partial charge >= 0.3 is 0 Å². The predicted octanol–water partition coefficient (Wildman–Crippen LogP) is 2.33. The Hall–Kier alpha value is -0.900. The van der Waals surface area contributed by atoms with Crippen molar-refractivity contribution in [1.82, 2.24) is 9.80 Å². The van der Waals surface area contributed by atoms with Gasteiger partial charge in [0, 0.05) is 31.7 Å². The van der Waals surface area contributed by atoms with Gasteiger partial charge in [-0.05, 0) is 51.9 Å². The minimum atomic E-state index is 0.345. The average molecular weight is 275 g/mol. The van der Waals surface area contributed by atoms with Gasteiger partial charge in [0.1, 0.15) is 0 Å². The van der Waals surface area contributed by atoms with Gasteiger partial charge in [-0.2, -0.15) is 0 Å². The second kappa shape index (κ2) is 6.70. The lowest BCUT2D eigenvalue weighted by Gasteiger charge is -2.36. The van der Waals surface area contributed by atoms with Gasteiger partial charge in [0.15, 0.2) is 0 Å². The molecule has 1 aromatic carbocycles. The summed E-state index contributed by atoms with van der Waals surface area (Å²) in [4.78, 5) is 5.03. The topological polar surface area (TPSA) is 32.5 Å². The molecule has 1 heterocycles. The molecule has 1 saturated heterocycles. The standard InChI is InChI=1S/C17H29N3/c1-13-6-7-16(14(2)10-13)17(11-18)20-9-5-8-19(4)12-15(20)3/h6-7,10,15,17H,5,8-9,11-12,18H2,1-4H3. The summed E-state index contributed by atoms with van der Waals surface area (Å²) in [5.41, 5.74) is 10.2. The van der Waals surface area contributed by atoms with Gasteiger partial charge in [-0.25, -0.2) is 0 Å². The van der Waals surface area contributed by atoms with Gasteiger partial charge < -0.3 is 10.6 Å². The summed E-state index contributed by atoms with van der Waals surface area (Å²) in [5, 5.41) is 0. The van der Waals surface area contributed by atoms with E-state index in [9.17, 15) is 0 Å². The zero-order valence-corrected chi connectivity index (χ0v) is 13.4. The lowest BCUT2D eigenvalue weighted by Crippen LogP contribution is -2.43. The highest BCUT2D eigenvalue weighted by Crippen LogP contribution is 2.27. The molecule has 20 heavy (non-hydrogen) atoms. The van der Waals surface area contributed by atoms with E-state index in [4.69, 9.17) is 5.73 Å². The van der Waals surface area contributed by atoms with Crippen LogP contribution >= 0.6 is 0 Å². The lowest BCUT2D eigenvalue weighted by atomic mass is 9.97. The summed E-state index contributed by atoms with van der Waals surface area (Å²) in [6, 6.07) is 7.64. The Balaban J connectivity index is 2.26. The van der Waals surface area contributed by atoms with Gasteiger partial charge in [-0.3, -0.25) is 4.90 Å². The molecule has 0 bridgehead atoms. The van der Waals surface area contributed by atoms with Crippen LogP contribution in [0.1, 0.15) is 36.1 Å². The Kier molecular flexibility index (Phi) is 5.19. The first kappa shape index (κ1) is 15.5. The molecular weight excluding hydrogens is 246 g/mol. The number of hydrogen-bond donors (Lipinski definition) is 1. The highest BCUT2D eigenvalue weighted by atomic mass is 15.3. The van der Waals surface area contributed by atoms with Crippen LogP contribution in [0.25, 0.3) is 0 Å². The van der Waals surface area contributed by atoms with E-state index in [0.717, 1.165) is 13.1 Å². The molecule has 0 aliphatic carbocycles. The van der Waals surface area contributed by atoms with Crippen molar-refractivity contribution in [3.05, 3.63) is 34.9 Å². The summed E-state index contributed by atoms with van der Waals surface area (Å²) in [5.74, 6) is 0. The predicted molar refractivity (Wildman–Crippen MR) is 86.0 cm³/mol. The van der Waals surface area contributed by atoms with Crippen LogP contribution < -0.4 is 5.73 Å². The van der Waals surface area contributed by atoms with Gasteiger partial charge in [0.2, 0.25) is 0 Å². The Labute approximate surface area is 123 Å². The minimum absolute atomic E-state index is 0.345. The maximum Gasteiger partial charge on any atom is 0.0476 e. The number of hydrogen-bond acceptors (Lipinski definition) is 3. The Morgan fingerprint density at radius 2 is 2.05 bits per heavy atom. The highest BCUT2D eigenvalue weighted by molar-refractivity contribution is 5.33. The van der Waals surface area contributed by atoms with Crippen LogP contribution in [-0.2, 0) is 0 Å². The molecule has 2 rings (SSSR count). The van der Waals surface area contributed by atoms with Crippen molar-refractivity contribution < 1.29 is 0 Å². The monoisotopic (exact) mass is 275 g/mol. The van der Waals surface area contributed by atoms with E-state index in [1.54, 1.807) is 0 Å². The number of aryl methyl sites for hydroxylation is 2. The van der Waals surface area contributed by atoms with E-state index in [0.29, 0.717) is 18.6 Å². The summed E-state index contributed by atoms with van der Waals surface area (Å²) in [6.07, 6.45) is 1.22. The molecule has 0 amide bonds. The summed E-state index contributed by atoms with van der Waals surface area (Å²) >= 11 is 0. The quantitative estimate of drug-likeness (QED) is 0.919. The van der Waals surface area contributed by atoms with Crippen LogP contribution in [0.4, 0.5) is 0 Å². The molecule has 1 aliphatic heterocycles. The van der Waals surface area contributed by atoms with E-state index in [2.05, 4.69) is 55.8 Å². The molecule has 1 aliphatic rings. The Morgan fingerprint density at radius 3 is 2.70 bits per heavy atom. The van der Waals surface area contributed by atoms with E-state index in [-0.39, 0.29) is 0 Å². The van der Waals surface area contributed by atoms with Crippen LogP contribution in [-0.4, -0.2) is 49.1 Å². The maximum absolute atomic E-state index is 6.14. The minimum Gasteiger partial charge on any atom is -0.329 e. The summed E-state index contributed by atoms with van der Waals surface area (Å²) < 4.78 is 0. The fraction of sp³-hybridized carbons (Fsp3) is 0.647. The second-order valence-electron chi connectivity index (χ2n) is 6.31. The summed E-state index contributed by atoms with van der Waals surface area (Å²) in [7, 11) is 2.22. The Bertz CT molecular complexity index is 444. The van der Waals surface area contributed by atoms with Crippen molar-refractivity contribution >= 4 is 0 Å². The third kappa shape index (κ3) is 3.40. The van der Waals surface area contributed by atoms with Crippen molar-refractivity contribution in [3.63, 3.8) is 0 Å². The van der Waals surface area contributed by atoms with Gasteiger partial charge in [0.25, 0.3) is 0 Å². The molecule has 3 nitrogen and oxygen atoms in total. The number of nitrogens with zero attached hydrogens (tertiary/aromatic N) is 2. The van der Waals surface area contributed by atoms with Crippen LogP contribution in [0, 0.1) is 13.8 Å². The normalized spacial score (nSPS) is 23.6. The number of benzene rings is 1. The van der Waals surface area contributed by atoms with Crippen LogP contribution in [0.15, 0.2) is 18.2 Å². The molecule has 0 aromatic heterocycles. The van der Waals surface area contributed by atoms with Crippen molar-refractivity contribution in [2.45, 2.75) is 39.3 Å². The van der Waals surface area contributed by atoms with Crippen molar-refractivity contribution in [2.75, 3.05) is 33.2 Å². The van der Waals surface area contributed by atoms with Gasteiger partial charge in [0.05, 0.1) is 0 Å². The first-order valence-corrected chi connectivity index (χ1v) is 7.74. The third-order valence-electron chi connectivity index (χ3n) is 4.51.